The lowest BCUT2D eigenvalue weighted by Gasteiger charge is -2.33. The number of rotatable bonds is 13. The van der Waals surface area contributed by atoms with Gasteiger partial charge in [0.15, 0.2) is 0 Å². The zero-order chi connectivity index (χ0) is 31.0. The van der Waals surface area contributed by atoms with E-state index in [1.165, 1.54) is 9.21 Å². The van der Waals surface area contributed by atoms with Gasteiger partial charge in [-0.25, -0.2) is 8.42 Å². The summed E-state index contributed by atoms with van der Waals surface area (Å²) in [6.45, 7) is 0.0836. The molecule has 1 N–H and O–H groups in total. The standard InChI is InChI=1S/C32H36Cl3N3O4S/c1-43(41,42)38(26-15-7-12-24(33)21-26)19-9-18-31(39)37(22-27-28(34)16-8-17-29(27)35)30(20-23-10-3-2-4-11-23)32(40)36-25-13-5-6-14-25/h2-4,7-8,10-12,15-17,21,25,30H,5-6,9,13-14,18-20,22H2,1H3,(H,36,40)/t30-/m0/s1. The molecule has 0 aliphatic heterocycles. The van der Waals surface area contributed by atoms with Crippen LogP contribution in [-0.4, -0.2) is 50.0 Å². The van der Waals surface area contributed by atoms with Gasteiger partial charge in [0.25, 0.3) is 0 Å². The number of sulfonamides is 1. The lowest BCUT2D eigenvalue weighted by atomic mass is 10.0. The molecule has 43 heavy (non-hydrogen) atoms. The van der Waals surface area contributed by atoms with E-state index < -0.39 is 16.1 Å². The van der Waals surface area contributed by atoms with Gasteiger partial charge in [0.05, 0.1) is 11.9 Å². The third-order valence-electron chi connectivity index (χ3n) is 7.61. The van der Waals surface area contributed by atoms with Gasteiger partial charge in [-0.3, -0.25) is 13.9 Å². The number of hydrogen-bond donors (Lipinski definition) is 1. The number of halogens is 3. The normalized spacial score (nSPS) is 14.3. The van der Waals surface area contributed by atoms with E-state index in [9.17, 15) is 18.0 Å². The highest BCUT2D eigenvalue weighted by atomic mass is 35.5. The first-order chi connectivity index (χ1) is 20.5. The van der Waals surface area contributed by atoms with Crippen LogP contribution in [0.25, 0.3) is 0 Å². The summed E-state index contributed by atoms with van der Waals surface area (Å²) in [6.07, 6.45) is 5.53. The second-order valence-corrected chi connectivity index (χ2v) is 14.0. The van der Waals surface area contributed by atoms with E-state index in [2.05, 4.69) is 5.32 Å². The van der Waals surface area contributed by atoms with E-state index in [-0.39, 0.29) is 43.8 Å². The van der Waals surface area contributed by atoms with Crippen molar-refractivity contribution in [2.75, 3.05) is 17.1 Å². The molecule has 1 fully saturated rings. The predicted molar refractivity (Wildman–Crippen MR) is 174 cm³/mol. The van der Waals surface area contributed by atoms with Crippen molar-refractivity contribution in [3.05, 3.63) is 99.0 Å². The smallest absolute Gasteiger partial charge is 0.243 e. The number of carbonyl (C=O) groups is 2. The average molecular weight is 665 g/mol. The van der Waals surface area contributed by atoms with Crippen LogP contribution in [0.4, 0.5) is 5.69 Å². The number of benzene rings is 3. The summed E-state index contributed by atoms with van der Waals surface area (Å²) in [5.74, 6) is -0.540. The predicted octanol–water partition coefficient (Wildman–Crippen LogP) is 6.89. The molecular formula is C32H36Cl3N3O4S. The summed E-state index contributed by atoms with van der Waals surface area (Å²) >= 11 is 19.2. The molecule has 1 saturated carbocycles. The van der Waals surface area contributed by atoms with E-state index in [1.807, 2.05) is 30.3 Å². The van der Waals surface area contributed by atoms with Crippen LogP contribution in [0.1, 0.15) is 49.7 Å². The first-order valence-corrected chi connectivity index (χ1v) is 17.3. The number of hydrogen-bond acceptors (Lipinski definition) is 4. The first kappa shape index (κ1) is 33.1. The van der Waals surface area contributed by atoms with Gasteiger partial charge in [-0.15, -0.1) is 0 Å². The van der Waals surface area contributed by atoms with Crippen molar-refractivity contribution in [2.45, 2.75) is 63.6 Å². The van der Waals surface area contributed by atoms with E-state index in [0.29, 0.717) is 32.7 Å². The minimum Gasteiger partial charge on any atom is -0.352 e. The van der Waals surface area contributed by atoms with Crippen molar-refractivity contribution < 1.29 is 18.0 Å². The Balaban J connectivity index is 1.62. The first-order valence-electron chi connectivity index (χ1n) is 14.3. The molecule has 0 aromatic heterocycles. The highest BCUT2D eigenvalue weighted by Crippen LogP contribution is 2.28. The molecule has 0 radical (unpaired) electrons. The lowest BCUT2D eigenvalue weighted by Crippen LogP contribution is -2.52. The SMILES string of the molecule is CS(=O)(=O)N(CCCC(=O)N(Cc1c(Cl)cccc1Cl)[C@@H](Cc1ccccc1)C(=O)NC1CCCC1)c1cccc(Cl)c1. The average Bonchev–Trinajstić information content (AvgIpc) is 3.47. The Morgan fingerprint density at radius 3 is 2.21 bits per heavy atom. The van der Waals surface area contributed by atoms with Crippen molar-refractivity contribution in [1.82, 2.24) is 10.2 Å². The summed E-state index contributed by atoms with van der Waals surface area (Å²) in [4.78, 5) is 29.4. The maximum absolute atomic E-state index is 14.0. The lowest BCUT2D eigenvalue weighted by molar-refractivity contribution is -0.141. The highest BCUT2D eigenvalue weighted by molar-refractivity contribution is 7.92. The number of nitrogens with one attached hydrogen (secondary N) is 1. The molecule has 1 atom stereocenters. The quantitative estimate of drug-likeness (QED) is 0.216. The zero-order valence-electron chi connectivity index (χ0n) is 24.0. The molecule has 1 aliphatic carbocycles. The zero-order valence-corrected chi connectivity index (χ0v) is 27.1. The molecule has 230 valence electrons. The molecule has 3 aromatic rings. The monoisotopic (exact) mass is 663 g/mol. The maximum atomic E-state index is 14.0. The molecule has 0 saturated heterocycles. The van der Waals surface area contributed by atoms with Crippen molar-refractivity contribution in [1.29, 1.82) is 0 Å². The summed E-state index contributed by atoms with van der Waals surface area (Å²) in [7, 11) is -3.65. The Kier molecular flexibility index (Phi) is 11.8. The van der Waals surface area contributed by atoms with Crippen LogP contribution in [0.2, 0.25) is 15.1 Å². The number of anilines is 1. The van der Waals surface area contributed by atoms with Crippen LogP contribution in [0, 0.1) is 0 Å². The molecular weight excluding hydrogens is 629 g/mol. The summed E-state index contributed by atoms with van der Waals surface area (Å²) in [5, 5.41) is 4.36. The van der Waals surface area contributed by atoms with Crippen LogP contribution < -0.4 is 9.62 Å². The van der Waals surface area contributed by atoms with Crippen molar-refractivity contribution in [2.24, 2.45) is 0 Å². The van der Waals surface area contributed by atoms with Crippen LogP contribution >= 0.6 is 34.8 Å². The van der Waals surface area contributed by atoms with Gasteiger partial charge in [-0.2, -0.15) is 0 Å². The number of carbonyl (C=O) groups excluding carboxylic acids is 2. The topological polar surface area (TPSA) is 86.8 Å². The Morgan fingerprint density at radius 2 is 1.58 bits per heavy atom. The molecule has 1 aliphatic rings. The van der Waals surface area contributed by atoms with E-state index >= 15 is 0 Å². The Hall–Kier alpha value is -2.78. The molecule has 11 heteroatoms. The minimum atomic E-state index is -3.65. The third kappa shape index (κ3) is 9.35. The van der Waals surface area contributed by atoms with Crippen LogP contribution in [0.5, 0.6) is 0 Å². The van der Waals surface area contributed by atoms with Gasteiger partial charge in [-0.05, 0) is 55.2 Å². The van der Waals surface area contributed by atoms with Gasteiger partial charge in [0, 0.05) is 52.6 Å². The molecule has 2 amide bonds. The van der Waals surface area contributed by atoms with Crippen LogP contribution in [0.15, 0.2) is 72.8 Å². The Labute approximate surface area is 269 Å². The fourth-order valence-electron chi connectivity index (χ4n) is 5.41. The van der Waals surface area contributed by atoms with Crippen molar-refractivity contribution >= 4 is 62.3 Å². The summed E-state index contributed by atoms with van der Waals surface area (Å²) < 4.78 is 26.5. The van der Waals surface area contributed by atoms with Gasteiger partial charge in [0.2, 0.25) is 21.8 Å². The molecule has 3 aromatic carbocycles. The molecule has 7 nitrogen and oxygen atoms in total. The Bertz CT molecular complexity index is 1490. The van der Waals surface area contributed by atoms with E-state index in [4.69, 9.17) is 34.8 Å². The highest BCUT2D eigenvalue weighted by Gasteiger charge is 2.33. The molecule has 4 rings (SSSR count). The molecule has 0 bridgehead atoms. The van der Waals surface area contributed by atoms with Gasteiger partial charge in [0.1, 0.15) is 6.04 Å². The van der Waals surface area contributed by atoms with Crippen LogP contribution in [-0.2, 0) is 32.6 Å². The molecule has 0 spiro atoms. The largest absolute Gasteiger partial charge is 0.352 e. The minimum absolute atomic E-state index is 0.00332. The van der Waals surface area contributed by atoms with E-state index in [0.717, 1.165) is 37.5 Å². The number of nitrogens with zero attached hydrogens (tertiary/aromatic N) is 2. The van der Waals surface area contributed by atoms with Gasteiger partial charge in [-0.1, -0.05) is 90.1 Å². The van der Waals surface area contributed by atoms with Crippen molar-refractivity contribution in [3.63, 3.8) is 0 Å². The summed E-state index contributed by atoms with van der Waals surface area (Å²) in [5.41, 5.74) is 1.86. The van der Waals surface area contributed by atoms with Gasteiger partial charge >= 0.3 is 0 Å². The fraction of sp³-hybridized carbons (Fsp3) is 0.375. The molecule has 0 unspecified atom stereocenters. The maximum Gasteiger partial charge on any atom is 0.243 e. The van der Waals surface area contributed by atoms with Gasteiger partial charge < -0.3 is 10.2 Å². The second-order valence-electron chi connectivity index (χ2n) is 10.8. The molecule has 0 heterocycles. The third-order valence-corrected chi connectivity index (χ3v) is 9.75. The second kappa shape index (κ2) is 15.3. The Morgan fingerprint density at radius 1 is 0.930 bits per heavy atom. The van der Waals surface area contributed by atoms with Crippen molar-refractivity contribution in [3.8, 4) is 0 Å². The fourth-order valence-corrected chi connectivity index (χ4v) is 7.07. The summed E-state index contributed by atoms with van der Waals surface area (Å²) in [6, 6.07) is 20.5. The van der Waals surface area contributed by atoms with Crippen LogP contribution in [0.3, 0.4) is 0 Å². The van der Waals surface area contributed by atoms with E-state index in [1.54, 1.807) is 42.5 Å². The number of amides is 2.